The second-order valence-corrected chi connectivity index (χ2v) is 6.56. The molecule has 1 aliphatic rings. The molecular weight excluding hydrogens is 256 g/mol. The van der Waals surface area contributed by atoms with Crippen molar-refractivity contribution in [3.63, 3.8) is 0 Å². The van der Waals surface area contributed by atoms with Gasteiger partial charge in [0, 0.05) is 0 Å². The van der Waals surface area contributed by atoms with Gasteiger partial charge in [0.1, 0.15) is 5.75 Å². The second kappa shape index (κ2) is 7.81. The number of ether oxygens (including phenoxy) is 1. The molecule has 0 bridgehead atoms. The molecule has 1 N–H and O–H groups in total. The lowest BCUT2D eigenvalue weighted by Crippen LogP contribution is -2.18. The molecule has 1 aliphatic heterocycles. The molecule has 0 radical (unpaired) electrons. The minimum Gasteiger partial charge on any atom is -0.497 e. The summed E-state index contributed by atoms with van der Waals surface area (Å²) in [6.45, 7) is 0. The molecule has 0 saturated carbocycles. The van der Waals surface area contributed by atoms with Crippen LogP contribution in [0.1, 0.15) is 31.2 Å². The van der Waals surface area contributed by atoms with Crippen LogP contribution in [0.25, 0.3) is 0 Å². The van der Waals surface area contributed by atoms with E-state index in [0.717, 1.165) is 30.9 Å². The summed E-state index contributed by atoms with van der Waals surface area (Å²) in [7, 11) is 1.68. The lowest BCUT2D eigenvalue weighted by molar-refractivity contribution is 0.130. The molecule has 1 fully saturated rings. The van der Waals surface area contributed by atoms with Crippen molar-refractivity contribution < 1.29 is 9.84 Å². The molecule has 2 nitrogen and oxygen atoms in total. The minimum absolute atomic E-state index is 0.143. The van der Waals surface area contributed by atoms with E-state index in [4.69, 9.17) is 4.74 Å². The zero-order chi connectivity index (χ0) is 13.5. The topological polar surface area (TPSA) is 29.5 Å². The van der Waals surface area contributed by atoms with E-state index in [9.17, 15) is 5.11 Å². The average molecular weight is 280 g/mol. The number of hydrogen-bond donors (Lipinski definition) is 1. The van der Waals surface area contributed by atoms with Crippen molar-refractivity contribution in [3.05, 3.63) is 29.8 Å². The zero-order valence-corrected chi connectivity index (χ0v) is 12.5. The molecule has 2 rings (SSSR count). The minimum atomic E-state index is -0.143. The molecule has 3 heteroatoms. The molecule has 1 heterocycles. The number of thioether (sulfide) groups is 1. The molecule has 0 amide bonds. The van der Waals surface area contributed by atoms with Gasteiger partial charge in [0.25, 0.3) is 0 Å². The number of aliphatic hydroxyl groups is 1. The first-order chi connectivity index (χ1) is 9.28. The first-order valence-electron chi connectivity index (χ1n) is 7.16. The van der Waals surface area contributed by atoms with Crippen LogP contribution >= 0.6 is 11.8 Å². The molecule has 1 atom stereocenters. The molecule has 0 spiro atoms. The molecule has 0 aromatic heterocycles. The number of rotatable bonds is 6. The van der Waals surface area contributed by atoms with Crippen LogP contribution in [0.4, 0.5) is 0 Å². The fourth-order valence-electron chi connectivity index (χ4n) is 2.61. The van der Waals surface area contributed by atoms with Gasteiger partial charge in [-0.05, 0) is 67.2 Å². The Bertz CT molecular complexity index is 358. The van der Waals surface area contributed by atoms with Crippen molar-refractivity contribution in [2.75, 3.05) is 18.6 Å². The van der Waals surface area contributed by atoms with E-state index >= 15 is 0 Å². The van der Waals surface area contributed by atoms with Gasteiger partial charge in [-0.15, -0.1) is 0 Å². The highest BCUT2D eigenvalue weighted by atomic mass is 32.2. The standard InChI is InChI=1S/C16H24O2S/c1-18-16-6-3-13(4-7-16)2-5-15(17)12-14-8-10-19-11-9-14/h3-4,6-7,14-15,17H,2,5,8-12H2,1H3. The molecule has 0 aliphatic carbocycles. The van der Waals surface area contributed by atoms with E-state index < -0.39 is 0 Å². The molecule has 1 unspecified atom stereocenters. The molecule has 1 aromatic carbocycles. The number of hydrogen-bond acceptors (Lipinski definition) is 3. The Morgan fingerprint density at radius 1 is 1.26 bits per heavy atom. The largest absolute Gasteiger partial charge is 0.497 e. The van der Waals surface area contributed by atoms with Crippen LogP contribution in [0.3, 0.4) is 0 Å². The maximum absolute atomic E-state index is 10.1. The van der Waals surface area contributed by atoms with Gasteiger partial charge in [0.2, 0.25) is 0 Å². The van der Waals surface area contributed by atoms with E-state index in [-0.39, 0.29) is 6.10 Å². The van der Waals surface area contributed by atoms with E-state index in [1.165, 1.54) is 29.9 Å². The first kappa shape index (κ1) is 14.7. The third-order valence-corrected chi connectivity index (χ3v) is 4.92. The van der Waals surface area contributed by atoms with Gasteiger partial charge in [-0.3, -0.25) is 0 Å². The summed E-state index contributed by atoms with van der Waals surface area (Å²) in [5.41, 5.74) is 1.28. The Morgan fingerprint density at radius 2 is 1.95 bits per heavy atom. The number of aryl methyl sites for hydroxylation is 1. The lowest BCUT2D eigenvalue weighted by atomic mass is 9.93. The van der Waals surface area contributed by atoms with Gasteiger partial charge in [-0.2, -0.15) is 11.8 Å². The summed E-state index contributed by atoms with van der Waals surface area (Å²) < 4.78 is 5.14. The molecule has 106 valence electrons. The van der Waals surface area contributed by atoms with Crippen LogP contribution in [0.15, 0.2) is 24.3 Å². The third kappa shape index (κ3) is 5.07. The fraction of sp³-hybridized carbons (Fsp3) is 0.625. The summed E-state index contributed by atoms with van der Waals surface area (Å²) in [6, 6.07) is 8.14. The maximum Gasteiger partial charge on any atom is 0.118 e. The molecule has 19 heavy (non-hydrogen) atoms. The molecular formula is C16H24O2S. The lowest BCUT2D eigenvalue weighted by Gasteiger charge is -2.23. The highest BCUT2D eigenvalue weighted by Gasteiger charge is 2.17. The van der Waals surface area contributed by atoms with Gasteiger partial charge in [0.05, 0.1) is 13.2 Å². The Kier molecular flexibility index (Phi) is 6.05. The van der Waals surface area contributed by atoms with Crippen LogP contribution < -0.4 is 4.74 Å². The quantitative estimate of drug-likeness (QED) is 0.864. The summed E-state index contributed by atoms with van der Waals surface area (Å²) in [4.78, 5) is 0. The number of aliphatic hydroxyl groups excluding tert-OH is 1. The number of methoxy groups -OCH3 is 1. The van der Waals surface area contributed by atoms with Crippen LogP contribution in [0, 0.1) is 5.92 Å². The first-order valence-corrected chi connectivity index (χ1v) is 8.32. The SMILES string of the molecule is COc1ccc(CCC(O)CC2CCSCC2)cc1. The summed E-state index contributed by atoms with van der Waals surface area (Å²) in [5.74, 6) is 4.18. The van der Waals surface area contributed by atoms with Crippen molar-refractivity contribution in [1.29, 1.82) is 0 Å². The van der Waals surface area contributed by atoms with Gasteiger partial charge < -0.3 is 9.84 Å². The van der Waals surface area contributed by atoms with Crippen LogP contribution in [0.2, 0.25) is 0 Å². The van der Waals surface area contributed by atoms with Crippen molar-refractivity contribution in [3.8, 4) is 5.75 Å². The van der Waals surface area contributed by atoms with Crippen molar-refractivity contribution >= 4 is 11.8 Å². The Labute approximate surface area is 120 Å². The predicted molar refractivity (Wildman–Crippen MR) is 82.0 cm³/mol. The zero-order valence-electron chi connectivity index (χ0n) is 11.7. The molecule has 1 saturated heterocycles. The van der Waals surface area contributed by atoms with Gasteiger partial charge in [0.15, 0.2) is 0 Å². The van der Waals surface area contributed by atoms with Crippen molar-refractivity contribution in [2.45, 2.75) is 38.2 Å². The highest BCUT2D eigenvalue weighted by molar-refractivity contribution is 7.99. The molecule has 1 aromatic rings. The Balaban J connectivity index is 1.71. The van der Waals surface area contributed by atoms with Gasteiger partial charge in [-0.25, -0.2) is 0 Å². The summed E-state index contributed by atoms with van der Waals surface area (Å²) in [6.07, 6.45) is 5.23. The number of benzene rings is 1. The van der Waals surface area contributed by atoms with Crippen LogP contribution in [0.5, 0.6) is 5.75 Å². The van der Waals surface area contributed by atoms with E-state index in [0.29, 0.717) is 0 Å². The smallest absolute Gasteiger partial charge is 0.118 e. The third-order valence-electron chi connectivity index (χ3n) is 3.87. The van der Waals surface area contributed by atoms with Crippen molar-refractivity contribution in [1.82, 2.24) is 0 Å². The Hall–Kier alpha value is -0.670. The second-order valence-electron chi connectivity index (χ2n) is 5.33. The van der Waals surface area contributed by atoms with E-state index in [1.807, 2.05) is 23.9 Å². The predicted octanol–water partition coefficient (Wildman–Crippen LogP) is 3.52. The fourth-order valence-corrected chi connectivity index (χ4v) is 3.81. The van der Waals surface area contributed by atoms with Gasteiger partial charge >= 0.3 is 0 Å². The summed E-state index contributed by atoms with van der Waals surface area (Å²) >= 11 is 2.05. The Morgan fingerprint density at radius 3 is 2.58 bits per heavy atom. The van der Waals surface area contributed by atoms with Crippen molar-refractivity contribution in [2.24, 2.45) is 5.92 Å². The highest BCUT2D eigenvalue weighted by Crippen LogP contribution is 2.27. The monoisotopic (exact) mass is 280 g/mol. The van der Waals surface area contributed by atoms with E-state index in [2.05, 4.69) is 12.1 Å². The maximum atomic E-state index is 10.1. The average Bonchev–Trinajstić information content (AvgIpc) is 2.47. The summed E-state index contributed by atoms with van der Waals surface area (Å²) in [5, 5.41) is 10.1. The van der Waals surface area contributed by atoms with Crippen LogP contribution in [-0.2, 0) is 6.42 Å². The van der Waals surface area contributed by atoms with Crippen LogP contribution in [-0.4, -0.2) is 29.8 Å². The normalized spacial score (nSPS) is 18.2. The van der Waals surface area contributed by atoms with Gasteiger partial charge in [-0.1, -0.05) is 12.1 Å². The van der Waals surface area contributed by atoms with E-state index in [1.54, 1.807) is 7.11 Å².